The van der Waals surface area contributed by atoms with Crippen molar-refractivity contribution in [2.45, 2.75) is 12.5 Å². The maximum atomic E-state index is 9.41. The van der Waals surface area contributed by atoms with Crippen LogP contribution in [0.4, 0.5) is 0 Å². The molecule has 0 aromatic heterocycles. The Balaban J connectivity index is 2.24. The molecular weight excluding hydrogens is 269 g/mol. The van der Waals surface area contributed by atoms with Gasteiger partial charge in [0.25, 0.3) is 0 Å². The molecule has 0 radical (unpaired) electrons. The van der Waals surface area contributed by atoms with Crippen LogP contribution in [0.2, 0.25) is 10.0 Å². The van der Waals surface area contributed by atoms with E-state index in [2.05, 4.69) is 16.3 Å². The van der Waals surface area contributed by atoms with Crippen LogP contribution in [0.25, 0.3) is 0 Å². The van der Waals surface area contributed by atoms with Crippen LogP contribution in [0.3, 0.4) is 0 Å². The zero-order chi connectivity index (χ0) is 13.0. The van der Waals surface area contributed by atoms with Gasteiger partial charge in [-0.15, -0.1) is 0 Å². The van der Waals surface area contributed by atoms with Gasteiger partial charge in [0.2, 0.25) is 0 Å². The molecule has 3 nitrogen and oxygen atoms in total. The average Bonchev–Trinajstić information content (AvgIpc) is 2.62. The molecular formula is C13H15Cl2N3. The third-order valence-electron chi connectivity index (χ3n) is 3.12. The molecule has 1 fully saturated rings. The van der Waals surface area contributed by atoms with E-state index in [-0.39, 0.29) is 6.04 Å². The molecule has 5 heteroatoms. The average molecular weight is 284 g/mol. The Bertz CT molecular complexity index is 448. The molecule has 1 aromatic rings. The van der Waals surface area contributed by atoms with Crippen LogP contribution < -0.4 is 5.32 Å². The molecule has 1 aromatic carbocycles. The second-order valence-electron chi connectivity index (χ2n) is 4.34. The van der Waals surface area contributed by atoms with Crippen LogP contribution in [0, 0.1) is 11.3 Å². The van der Waals surface area contributed by atoms with Crippen molar-refractivity contribution in [2.24, 2.45) is 0 Å². The van der Waals surface area contributed by atoms with E-state index in [1.54, 1.807) is 12.1 Å². The summed E-state index contributed by atoms with van der Waals surface area (Å²) in [5.41, 5.74) is 0.838. The van der Waals surface area contributed by atoms with Crippen LogP contribution in [-0.2, 0) is 0 Å². The predicted molar refractivity (Wildman–Crippen MR) is 73.9 cm³/mol. The highest BCUT2D eigenvalue weighted by atomic mass is 35.5. The van der Waals surface area contributed by atoms with Crippen LogP contribution in [-0.4, -0.2) is 31.1 Å². The maximum absolute atomic E-state index is 9.41. The quantitative estimate of drug-likeness (QED) is 0.907. The maximum Gasteiger partial charge on any atom is 0.125 e. The molecule has 96 valence electrons. The molecule has 1 unspecified atom stereocenters. The number of benzene rings is 1. The number of rotatable bonds is 2. The van der Waals surface area contributed by atoms with Gasteiger partial charge in [-0.25, -0.2) is 0 Å². The molecule has 1 atom stereocenters. The summed E-state index contributed by atoms with van der Waals surface area (Å²) in [4.78, 5) is 2.16. The molecule has 0 amide bonds. The lowest BCUT2D eigenvalue weighted by molar-refractivity contribution is 0.252. The summed E-state index contributed by atoms with van der Waals surface area (Å²) in [5.74, 6) is 0. The zero-order valence-electron chi connectivity index (χ0n) is 10.00. The molecule has 1 saturated heterocycles. The van der Waals surface area contributed by atoms with Gasteiger partial charge in [-0.1, -0.05) is 29.3 Å². The Hall–Kier alpha value is -0.790. The molecule has 0 saturated carbocycles. The van der Waals surface area contributed by atoms with E-state index < -0.39 is 0 Å². The van der Waals surface area contributed by atoms with Crippen molar-refractivity contribution in [1.82, 2.24) is 10.2 Å². The number of nitriles is 1. The normalized spacial score (nSPS) is 18.9. The van der Waals surface area contributed by atoms with Crippen LogP contribution in [0.5, 0.6) is 0 Å². The predicted octanol–water partition coefficient (Wildman–Crippen LogP) is 2.85. The van der Waals surface area contributed by atoms with Gasteiger partial charge >= 0.3 is 0 Å². The van der Waals surface area contributed by atoms with Crippen molar-refractivity contribution in [3.8, 4) is 6.07 Å². The summed E-state index contributed by atoms with van der Waals surface area (Å²) in [5, 5.41) is 13.9. The number of nitrogens with zero attached hydrogens (tertiary/aromatic N) is 2. The summed E-state index contributed by atoms with van der Waals surface area (Å²) in [7, 11) is 0. The largest absolute Gasteiger partial charge is 0.315 e. The molecule has 1 N–H and O–H groups in total. The molecule has 1 aliphatic heterocycles. The summed E-state index contributed by atoms with van der Waals surface area (Å²) in [6.45, 7) is 3.67. The standard InChI is InChI=1S/C13H15Cl2N3/c14-10-2-3-11(12(15)8-10)13(9-16)18-6-1-4-17-5-7-18/h2-3,8,13,17H,1,4-7H2. The summed E-state index contributed by atoms with van der Waals surface area (Å²) < 4.78 is 0. The number of hydrogen-bond donors (Lipinski definition) is 1. The van der Waals surface area contributed by atoms with Gasteiger partial charge in [0, 0.05) is 35.2 Å². The van der Waals surface area contributed by atoms with Crippen molar-refractivity contribution in [2.75, 3.05) is 26.2 Å². The minimum Gasteiger partial charge on any atom is -0.315 e. The number of halogens is 2. The van der Waals surface area contributed by atoms with Gasteiger partial charge in [-0.2, -0.15) is 5.26 Å². The highest BCUT2D eigenvalue weighted by molar-refractivity contribution is 6.35. The molecule has 2 rings (SSSR count). The van der Waals surface area contributed by atoms with Gasteiger partial charge < -0.3 is 5.32 Å². The smallest absolute Gasteiger partial charge is 0.125 e. The van der Waals surface area contributed by atoms with E-state index in [9.17, 15) is 5.26 Å². The van der Waals surface area contributed by atoms with Crippen molar-refractivity contribution in [3.05, 3.63) is 33.8 Å². The Labute approximate surface area is 117 Å². The minimum absolute atomic E-state index is 0.297. The molecule has 0 aliphatic carbocycles. The zero-order valence-corrected chi connectivity index (χ0v) is 11.5. The first-order chi connectivity index (χ1) is 8.72. The number of hydrogen-bond acceptors (Lipinski definition) is 3. The van der Waals surface area contributed by atoms with Crippen molar-refractivity contribution < 1.29 is 0 Å². The van der Waals surface area contributed by atoms with Gasteiger partial charge in [-0.3, -0.25) is 4.90 Å². The Morgan fingerprint density at radius 1 is 1.28 bits per heavy atom. The Kier molecular flexibility index (Phi) is 4.85. The molecule has 1 heterocycles. The third kappa shape index (κ3) is 3.15. The highest BCUT2D eigenvalue weighted by Gasteiger charge is 2.22. The van der Waals surface area contributed by atoms with Crippen LogP contribution >= 0.6 is 23.2 Å². The Morgan fingerprint density at radius 3 is 2.83 bits per heavy atom. The number of nitrogens with one attached hydrogen (secondary N) is 1. The first-order valence-corrected chi connectivity index (χ1v) is 6.77. The second-order valence-corrected chi connectivity index (χ2v) is 5.18. The van der Waals surface area contributed by atoms with E-state index in [1.165, 1.54) is 0 Å². The van der Waals surface area contributed by atoms with E-state index in [4.69, 9.17) is 23.2 Å². The first-order valence-electron chi connectivity index (χ1n) is 6.01. The van der Waals surface area contributed by atoms with Gasteiger partial charge in [0.15, 0.2) is 0 Å². The Morgan fingerprint density at radius 2 is 2.11 bits per heavy atom. The van der Waals surface area contributed by atoms with Gasteiger partial charge in [-0.05, 0) is 25.1 Å². The fourth-order valence-electron chi connectivity index (χ4n) is 2.20. The fraction of sp³-hybridized carbons (Fsp3) is 0.462. The third-order valence-corrected chi connectivity index (χ3v) is 3.68. The SMILES string of the molecule is N#CC(c1ccc(Cl)cc1Cl)N1CCCNCC1. The minimum atomic E-state index is -0.297. The highest BCUT2D eigenvalue weighted by Crippen LogP contribution is 2.29. The van der Waals surface area contributed by atoms with Crippen molar-refractivity contribution >= 4 is 23.2 Å². The molecule has 1 aliphatic rings. The van der Waals surface area contributed by atoms with Gasteiger partial charge in [0.1, 0.15) is 6.04 Å². The second kappa shape index (κ2) is 6.40. The topological polar surface area (TPSA) is 39.1 Å². The van der Waals surface area contributed by atoms with Crippen molar-refractivity contribution in [1.29, 1.82) is 5.26 Å². The molecule has 18 heavy (non-hydrogen) atoms. The summed E-state index contributed by atoms with van der Waals surface area (Å²) in [6.07, 6.45) is 1.05. The lowest BCUT2D eigenvalue weighted by Gasteiger charge is -2.26. The van der Waals surface area contributed by atoms with Crippen LogP contribution in [0.1, 0.15) is 18.0 Å². The lowest BCUT2D eigenvalue weighted by atomic mass is 10.1. The van der Waals surface area contributed by atoms with E-state index in [0.717, 1.165) is 38.2 Å². The monoisotopic (exact) mass is 283 g/mol. The van der Waals surface area contributed by atoms with E-state index in [0.29, 0.717) is 10.0 Å². The molecule has 0 spiro atoms. The van der Waals surface area contributed by atoms with Crippen LogP contribution in [0.15, 0.2) is 18.2 Å². The lowest BCUT2D eigenvalue weighted by Crippen LogP contribution is -2.31. The van der Waals surface area contributed by atoms with Crippen molar-refractivity contribution in [3.63, 3.8) is 0 Å². The fourth-order valence-corrected chi connectivity index (χ4v) is 2.71. The summed E-state index contributed by atoms with van der Waals surface area (Å²) >= 11 is 12.1. The summed E-state index contributed by atoms with van der Waals surface area (Å²) in [6, 6.07) is 7.37. The molecule has 0 bridgehead atoms. The van der Waals surface area contributed by atoms with E-state index >= 15 is 0 Å². The van der Waals surface area contributed by atoms with E-state index in [1.807, 2.05) is 6.07 Å². The first kappa shape index (κ1) is 13.6. The van der Waals surface area contributed by atoms with Gasteiger partial charge in [0.05, 0.1) is 6.07 Å².